The third kappa shape index (κ3) is 2.85. The van der Waals surface area contributed by atoms with Gasteiger partial charge in [0.05, 0.1) is 19.2 Å². The summed E-state index contributed by atoms with van der Waals surface area (Å²) in [6, 6.07) is 7.02. The number of esters is 1. The average Bonchev–Trinajstić information content (AvgIpc) is 2.21. The normalized spacial score (nSPS) is 10.4. The minimum Gasteiger partial charge on any atom is -0.469 e. The van der Waals surface area contributed by atoms with Crippen LogP contribution >= 0.6 is 0 Å². The molecule has 0 saturated heterocycles. The van der Waals surface area contributed by atoms with Crippen molar-refractivity contribution < 1.29 is 9.53 Å². The smallest absolute Gasteiger partial charge is 0.309 e. The van der Waals surface area contributed by atoms with Gasteiger partial charge in [-0.3, -0.25) is 4.79 Å². The largest absolute Gasteiger partial charge is 0.469 e. The van der Waals surface area contributed by atoms with Crippen molar-refractivity contribution in [3.63, 3.8) is 0 Å². The van der Waals surface area contributed by atoms with E-state index in [1.54, 1.807) is 24.3 Å². The van der Waals surface area contributed by atoms with Gasteiger partial charge in [0, 0.05) is 0 Å². The standard InChI is InChI=1S/C9H11N3O2/c1-14-9(13)6-7-2-4-8(5-3-7)11-12-10/h2-5H,6H2,1H3,(H2,10,11). The predicted molar refractivity (Wildman–Crippen MR) is 50.9 cm³/mol. The number of methoxy groups -OCH3 is 1. The molecule has 0 bridgehead atoms. The Labute approximate surface area is 81.6 Å². The van der Waals surface area contributed by atoms with Crippen molar-refractivity contribution in [1.29, 1.82) is 0 Å². The van der Waals surface area contributed by atoms with Crippen molar-refractivity contribution in [2.24, 2.45) is 16.2 Å². The van der Waals surface area contributed by atoms with E-state index in [0.29, 0.717) is 5.69 Å². The van der Waals surface area contributed by atoms with Gasteiger partial charge in [-0.25, -0.2) is 0 Å². The first-order chi connectivity index (χ1) is 6.76. The van der Waals surface area contributed by atoms with Crippen molar-refractivity contribution in [2.45, 2.75) is 6.42 Å². The van der Waals surface area contributed by atoms with Gasteiger partial charge in [-0.2, -0.15) is 0 Å². The summed E-state index contributed by atoms with van der Waals surface area (Å²) in [5, 5.41) is 6.78. The number of carbonyl (C=O) groups is 1. The maximum atomic E-state index is 10.9. The lowest BCUT2D eigenvalue weighted by Gasteiger charge is -1.99. The monoisotopic (exact) mass is 193 g/mol. The van der Waals surface area contributed by atoms with Crippen molar-refractivity contribution in [2.75, 3.05) is 7.11 Å². The molecule has 0 aromatic heterocycles. The quantitative estimate of drug-likeness (QED) is 0.341. The Morgan fingerprint density at radius 1 is 1.43 bits per heavy atom. The Morgan fingerprint density at radius 2 is 2.07 bits per heavy atom. The van der Waals surface area contributed by atoms with Gasteiger partial charge in [-0.1, -0.05) is 17.4 Å². The van der Waals surface area contributed by atoms with Gasteiger partial charge in [0.2, 0.25) is 0 Å². The van der Waals surface area contributed by atoms with E-state index in [1.165, 1.54) is 7.11 Å². The summed E-state index contributed by atoms with van der Waals surface area (Å²) in [4.78, 5) is 10.9. The topological polar surface area (TPSA) is 77.0 Å². The van der Waals surface area contributed by atoms with Crippen LogP contribution in [-0.2, 0) is 16.0 Å². The van der Waals surface area contributed by atoms with Crippen molar-refractivity contribution in [1.82, 2.24) is 0 Å². The van der Waals surface area contributed by atoms with Crippen LogP contribution in [0.1, 0.15) is 5.56 Å². The summed E-state index contributed by atoms with van der Waals surface area (Å²) in [5.74, 6) is 4.62. The summed E-state index contributed by atoms with van der Waals surface area (Å²) in [6.45, 7) is 0. The second-order valence-corrected chi connectivity index (χ2v) is 2.63. The fraction of sp³-hybridized carbons (Fsp3) is 0.222. The van der Waals surface area contributed by atoms with Crippen LogP contribution in [0.15, 0.2) is 34.6 Å². The highest BCUT2D eigenvalue weighted by molar-refractivity contribution is 5.72. The lowest BCUT2D eigenvalue weighted by atomic mass is 10.1. The summed E-state index contributed by atoms with van der Waals surface area (Å²) < 4.78 is 4.53. The van der Waals surface area contributed by atoms with Crippen molar-refractivity contribution in [3.8, 4) is 0 Å². The van der Waals surface area contributed by atoms with E-state index >= 15 is 0 Å². The molecule has 0 spiro atoms. The number of benzene rings is 1. The molecule has 2 N–H and O–H groups in total. The second kappa shape index (κ2) is 4.96. The van der Waals surface area contributed by atoms with Gasteiger partial charge in [-0.05, 0) is 17.7 Å². The van der Waals surface area contributed by atoms with E-state index < -0.39 is 0 Å². The highest BCUT2D eigenvalue weighted by Crippen LogP contribution is 2.13. The lowest BCUT2D eigenvalue weighted by molar-refractivity contribution is -0.139. The van der Waals surface area contributed by atoms with Crippen LogP contribution in [0, 0.1) is 0 Å². The van der Waals surface area contributed by atoms with Gasteiger partial charge in [-0.15, -0.1) is 5.11 Å². The Hall–Kier alpha value is -1.91. The van der Waals surface area contributed by atoms with Crippen LogP contribution in [0.5, 0.6) is 0 Å². The molecule has 0 aliphatic carbocycles. The highest BCUT2D eigenvalue weighted by atomic mass is 16.5. The van der Waals surface area contributed by atoms with Crippen LogP contribution in [-0.4, -0.2) is 13.1 Å². The summed E-state index contributed by atoms with van der Waals surface area (Å²) in [7, 11) is 1.36. The van der Waals surface area contributed by atoms with Crippen LogP contribution < -0.4 is 5.84 Å². The molecule has 0 radical (unpaired) electrons. The second-order valence-electron chi connectivity index (χ2n) is 2.63. The van der Waals surface area contributed by atoms with Gasteiger partial charge < -0.3 is 10.6 Å². The third-order valence-electron chi connectivity index (χ3n) is 1.69. The van der Waals surface area contributed by atoms with Crippen molar-refractivity contribution >= 4 is 11.7 Å². The van der Waals surface area contributed by atoms with Gasteiger partial charge >= 0.3 is 5.97 Å². The Kier molecular flexibility index (Phi) is 3.60. The average molecular weight is 193 g/mol. The van der Waals surface area contributed by atoms with Crippen LogP contribution in [0.2, 0.25) is 0 Å². The van der Waals surface area contributed by atoms with Gasteiger partial charge in [0.1, 0.15) is 0 Å². The molecule has 1 rings (SSSR count). The van der Waals surface area contributed by atoms with E-state index in [-0.39, 0.29) is 12.4 Å². The van der Waals surface area contributed by atoms with E-state index in [1.807, 2.05) is 0 Å². The molecular weight excluding hydrogens is 182 g/mol. The first kappa shape index (κ1) is 10.2. The van der Waals surface area contributed by atoms with Gasteiger partial charge in [0.15, 0.2) is 0 Å². The Balaban J connectivity index is 2.68. The molecule has 1 aromatic carbocycles. The van der Waals surface area contributed by atoms with Crippen LogP contribution in [0.3, 0.4) is 0 Å². The first-order valence-electron chi connectivity index (χ1n) is 4.03. The molecule has 0 amide bonds. The summed E-state index contributed by atoms with van der Waals surface area (Å²) in [5.41, 5.74) is 1.52. The zero-order valence-electron chi connectivity index (χ0n) is 7.80. The fourth-order valence-corrected chi connectivity index (χ4v) is 0.986. The molecule has 74 valence electrons. The van der Waals surface area contributed by atoms with E-state index in [4.69, 9.17) is 5.84 Å². The number of carbonyl (C=O) groups excluding carboxylic acids is 1. The summed E-state index contributed by atoms with van der Waals surface area (Å²) >= 11 is 0. The molecular formula is C9H11N3O2. The molecule has 0 fully saturated rings. The first-order valence-corrected chi connectivity index (χ1v) is 4.03. The minimum absolute atomic E-state index is 0.260. The van der Waals surface area contributed by atoms with Crippen LogP contribution in [0.25, 0.3) is 0 Å². The van der Waals surface area contributed by atoms with E-state index in [2.05, 4.69) is 15.1 Å². The zero-order chi connectivity index (χ0) is 10.4. The summed E-state index contributed by atoms with van der Waals surface area (Å²) in [6.07, 6.45) is 0.260. The number of hydrogen-bond donors (Lipinski definition) is 1. The minimum atomic E-state index is -0.266. The SMILES string of the molecule is COC(=O)Cc1ccc(N=NN)cc1. The van der Waals surface area contributed by atoms with E-state index in [9.17, 15) is 4.79 Å². The maximum absolute atomic E-state index is 10.9. The number of hydrogen-bond acceptors (Lipinski definition) is 4. The lowest BCUT2D eigenvalue weighted by Crippen LogP contribution is -2.03. The molecule has 5 heteroatoms. The molecule has 14 heavy (non-hydrogen) atoms. The Morgan fingerprint density at radius 3 is 2.57 bits per heavy atom. The number of nitrogens with two attached hydrogens (primary N) is 1. The van der Waals surface area contributed by atoms with Crippen molar-refractivity contribution in [3.05, 3.63) is 29.8 Å². The molecule has 0 aliphatic rings. The number of ether oxygens (including phenoxy) is 1. The third-order valence-corrected chi connectivity index (χ3v) is 1.69. The maximum Gasteiger partial charge on any atom is 0.309 e. The zero-order valence-corrected chi connectivity index (χ0v) is 7.80. The van der Waals surface area contributed by atoms with Gasteiger partial charge in [0.25, 0.3) is 0 Å². The Bertz CT molecular complexity index is 332. The number of rotatable bonds is 3. The molecule has 0 heterocycles. The van der Waals surface area contributed by atoms with E-state index in [0.717, 1.165) is 5.56 Å². The molecule has 0 atom stereocenters. The fourth-order valence-electron chi connectivity index (χ4n) is 0.986. The highest BCUT2D eigenvalue weighted by Gasteiger charge is 2.01. The van der Waals surface area contributed by atoms with Crippen LogP contribution in [0.4, 0.5) is 5.69 Å². The molecule has 5 nitrogen and oxygen atoms in total. The molecule has 0 aliphatic heterocycles. The molecule has 0 saturated carbocycles. The predicted octanol–water partition coefficient (Wildman–Crippen LogP) is 1.36. The molecule has 0 unspecified atom stereocenters. The number of nitrogens with zero attached hydrogens (tertiary/aromatic N) is 2. The molecule has 1 aromatic rings.